The quantitative estimate of drug-likeness (QED) is 0.740. The van der Waals surface area contributed by atoms with E-state index in [1.54, 1.807) is 35.0 Å². The molecular weight excluding hydrogens is 282 g/mol. The number of aryl methyl sites for hydroxylation is 3. The van der Waals surface area contributed by atoms with Gasteiger partial charge in [-0.3, -0.25) is 9.13 Å². The van der Waals surface area contributed by atoms with Crippen molar-refractivity contribution in [2.75, 3.05) is 5.73 Å². The van der Waals surface area contributed by atoms with Gasteiger partial charge in [-0.15, -0.1) is 0 Å². The van der Waals surface area contributed by atoms with E-state index >= 15 is 0 Å². The van der Waals surface area contributed by atoms with Crippen LogP contribution in [0.15, 0.2) is 51.0 Å². The van der Waals surface area contributed by atoms with Gasteiger partial charge in [0, 0.05) is 29.6 Å². The molecule has 0 amide bonds. The molecule has 0 aliphatic carbocycles. The Morgan fingerprint density at radius 2 is 1.57 bits per heavy atom. The molecule has 2 N–H and O–H groups in total. The molecular formula is C16H17N3OS. The molecule has 3 aromatic rings. The molecule has 0 aliphatic heterocycles. The van der Waals surface area contributed by atoms with Gasteiger partial charge in [-0.1, -0.05) is 29.5 Å². The van der Waals surface area contributed by atoms with Gasteiger partial charge < -0.3 is 5.73 Å². The normalized spacial score (nSPS) is 11.2. The Balaban J connectivity index is 2.11. The molecule has 0 bridgehead atoms. The molecule has 0 unspecified atom stereocenters. The number of hydrogen-bond acceptors (Lipinski definition) is 3. The zero-order chi connectivity index (χ0) is 15.1. The highest BCUT2D eigenvalue weighted by atomic mass is 32.2. The smallest absolute Gasteiger partial charge is 0.328 e. The van der Waals surface area contributed by atoms with Crippen molar-refractivity contribution in [2.45, 2.75) is 16.7 Å². The first kappa shape index (κ1) is 13.8. The molecule has 1 aromatic heterocycles. The van der Waals surface area contributed by atoms with Crippen LogP contribution in [-0.4, -0.2) is 9.13 Å². The molecule has 3 rings (SSSR count). The topological polar surface area (TPSA) is 52.9 Å². The van der Waals surface area contributed by atoms with E-state index in [0.717, 1.165) is 20.8 Å². The Hall–Kier alpha value is -2.14. The van der Waals surface area contributed by atoms with E-state index in [0.29, 0.717) is 5.69 Å². The fourth-order valence-corrected chi connectivity index (χ4v) is 3.24. The predicted octanol–water partition coefficient (Wildman–Crippen LogP) is 2.92. The minimum absolute atomic E-state index is 0.0399. The molecule has 0 aliphatic rings. The second-order valence-corrected chi connectivity index (χ2v) is 6.31. The summed E-state index contributed by atoms with van der Waals surface area (Å²) in [4.78, 5) is 14.1. The van der Waals surface area contributed by atoms with Crippen LogP contribution < -0.4 is 11.4 Å². The molecule has 1 heterocycles. The third-order valence-electron chi connectivity index (χ3n) is 3.65. The van der Waals surface area contributed by atoms with Crippen molar-refractivity contribution in [1.82, 2.24) is 9.13 Å². The second-order valence-electron chi connectivity index (χ2n) is 5.19. The maximum absolute atomic E-state index is 12.0. The molecule has 0 atom stereocenters. The number of benzene rings is 2. The van der Waals surface area contributed by atoms with Crippen LogP contribution in [0.5, 0.6) is 0 Å². The van der Waals surface area contributed by atoms with Crippen molar-refractivity contribution in [1.29, 1.82) is 0 Å². The molecule has 108 valence electrons. The molecule has 5 heteroatoms. The molecule has 0 saturated carbocycles. The average molecular weight is 299 g/mol. The number of rotatable bonds is 2. The summed E-state index contributed by atoms with van der Waals surface area (Å²) in [6.45, 7) is 2.06. The maximum atomic E-state index is 12.0. The van der Waals surface area contributed by atoms with Gasteiger partial charge in [0.05, 0.1) is 11.0 Å². The first-order valence-electron chi connectivity index (χ1n) is 6.67. The zero-order valence-electron chi connectivity index (χ0n) is 12.3. The summed E-state index contributed by atoms with van der Waals surface area (Å²) in [5, 5.41) is 0. The zero-order valence-corrected chi connectivity index (χ0v) is 13.1. The summed E-state index contributed by atoms with van der Waals surface area (Å²) in [6, 6.07) is 12.2. The highest BCUT2D eigenvalue weighted by Gasteiger charge is 2.11. The van der Waals surface area contributed by atoms with E-state index in [4.69, 9.17) is 5.73 Å². The van der Waals surface area contributed by atoms with Crippen LogP contribution in [0.2, 0.25) is 0 Å². The molecule has 2 aromatic carbocycles. The van der Waals surface area contributed by atoms with E-state index in [1.165, 1.54) is 5.56 Å². The van der Waals surface area contributed by atoms with Gasteiger partial charge in [-0.25, -0.2) is 4.79 Å². The highest BCUT2D eigenvalue weighted by molar-refractivity contribution is 7.99. The van der Waals surface area contributed by atoms with E-state index in [-0.39, 0.29) is 5.69 Å². The van der Waals surface area contributed by atoms with Gasteiger partial charge >= 0.3 is 5.69 Å². The minimum atomic E-state index is -0.0399. The van der Waals surface area contributed by atoms with Crippen molar-refractivity contribution in [2.24, 2.45) is 14.1 Å². The Labute approximate surface area is 127 Å². The van der Waals surface area contributed by atoms with Crippen LogP contribution in [0, 0.1) is 6.92 Å². The number of aromatic nitrogens is 2. The van der Waals surface area contributed by atoms with Crippen LogP contribution >= 0.6 is 11.8 Å². The van der Waals surface area contributed by atoms with Crippen molar-refractivity contribution in [3.8, 4) is 0 Å². The molecule has 0 radical (unpaired) electrons. The Kier molecular flexibility index (Phi) is 3.29. The molecule has 21 heavy (non-hydrogen) atoms. The minimum Gasteiger partial charge on any atom is -0.398 e. The standard InChI is InChI=1S/C16H17N3OS/c1-10-4-6-11(7-5-10)21-15-9-14-13(8-12(15)17)18(2)16(20)19(14)3/h4-9H,17H2,1-3H3. The van der Waals surface area contributed by atoms with Crippen LogP contribution in [0.4, 0.5) is 5.69 Å². The van der Waals surface area contributed by atoms with Gasteiger partial charge in [0.25, 0.3) is 0 Å². The fraction of sp³-hybridized carbons (Fsp3) is 0.188. The summed E-state index contributed by atoms with van der Waals surface area (Å²) in [7, 11) is 3.54. The summed E-state index contributed by atoms with van der Waals surface area (Å²) in [5.41, 5.74) is 9.78. The van der Waals surface area contributed by atoms with Crippen LogP contribution in [0.1, 0.15) is 5.56 Å². The van der Waals surface area contributed by atoms with Gasteiger partial charge in [-0.2, -0.15) is 0 Å². The SMILES string of the molecule is Cc1ccc(Sc2cc3c(cc2N)n(C)c(=O)n3C)cc1. The van der Waals surface area contributed by atoms with Gasteiger partial charge in [0.15, 0.2) is 0 Å². The summed E-state index contributed by atoms with van der Waals surface area (Å²) in [6.07, 6.45) is 0. The number of hydrogen-bond donors (Lipinski definition) is 1. The van der Waals surface area contributed by atoms with Crippen molar-refractivity contribution in [3.63, 3.8) is 0 Å². The van der Waals surface area contributed by atoms with Crippen molar-refractivity contribution in [3.05, 3.63) is 52.4 Å². The lowest BCUT2D eigenvalue weighted by Crippen LogP contribution is -2.19. The highest BCUT2D eigenvalue weighted by Crippen LogP contribution is 2.34. The number of nitrogens with two attached hydrogens (primary N) is 1. The number of nitrogen functional groups attached to an aromatic ring is 1. The van der Waals surface area contributed by atoms with E-state index < -0.39 is 0 Å². The first-order valence-corrected chi connectivity index (χ1v) is 7.48. The van der Waals surface area contributed by atoms with Crippen LogP contribution in [0.25, 0.3) is 11.0 Å². The summed E-state index contributed by atoms with van der Waals surface area (Å²) < 4.78 is 3.26. The lowest BCUT2D eigenvalue weighted by Gasteiger charge is -2.07. The average Bonchev–Trinajstić information content (AvgIpc) is 2.67. The van der Waals surface area contributed by atoms with Gasteiger partial charge in [-0.05, 0) is 31.2 Å². The number of fused-ring (bicyclic) bond motifs is 1. The first-order chi connectivity index (χ1) is 9.97. The lowest BCUT2D eigenvalue weighted by atomic mass is 10.2. The number of imidazole rings is 1. The van der Waals surface area contributed by atoms with E-state index in [1.807, 2.05) is 12.1 Å². The number of anilines is 1. The Morgan fingerprint density at radius 1 is 1.00 bits per heavy atom. The molecule has 4 nitrogen and oxygen atoms in total. The summed E-state index contributed by atoms with van der Waals surface area (Å²) in [5.74, 6) is 0. The van der Waals surface area contributed by atoms with Crippen molar-refractivity contribution >= 4 is 28.5 Å². The Morgan fingerprint density at radius 3 is 2.19 bits per heavy atom. The molecule has 0 saturated heterocycles. The third-order valence-corrected chi connectivity index (χ3v) is 4.73. The monoisotopic (exact) mass is 299 g/mol. The van der Waals surface area contributed by atoms with Crippen LogP contribution in [0.3, 0.4) is 0 Å². The van der Waals surface area contributed by atoms with E-state index in [9.17, 15) is 4.79 Å². The lowest BCUT2D eigenvalue weighted by molar-refractivity contribution is 0.795. The Bertz CT molecular complexity index is 875. The maximum Gasteiger partial charge on any atom is 0.328 e. The second kappa shape index (κ2) is 5.00. The largest absolute Gasteiger partial charge is 0.398 e. The van der Waals surface area contributed by atoms with Gasteiger partial charge in [0.2, 0.25) is 0 Å². The van der Waals surface area contributed by atoms with Gasteiger partial charge in [0.1, 0.15) is 0 Å². The van der Waals surface area contributed by atoms with E-state index in [2.05, 4.69) is 31.2 Å². The molecule has 0 spiro atoms. The number of nitrogens with zero attached hydrogens (tertiary/aromatic N) is 2. The molecule has 0 fully saturated rings. The van der Waals surface area contributed by atoms with Crippen molar-refractivity contribution < 1.29 is 0 Å². The third kappa shape index (κ3) is 2.34. The summed E-state index contributed by atoms with van der Waals surface area (Å²) >= 11 is 1.61. The predicted molar refractivity (Wildman–Crippen MR) is 87.9 cm³/mol. The fourth-order valence-electron chi connectivity index (χ4n) is 2.36. The van der Waals surface area contributed by atoms with Crippen LogP contribution in [-0.2, 0) is 14.1 Å².